The number of carbonyl (C=O) groups excluding carboxylic acids is 2. The van der Waals surface area contributed by atoms with Crippen molar-refractivity contribution in [2.75, 3.05) is 17.4 Å². The van der Waals surface area contributed by atoms with E-state index < -0.39 is 28.5 Å². The summed E-state index contributed by atoms with van der Waals surface area (Å²) < 4.78 is 28.9. The number of nitrogens with zero attached hydrogens (tertiary/aromatic N) is 2. The van der Waals surface area contributed by atoms with Crippen molar-refractivity contribution in [2.24, 2.45) is 0 Å². The Bertz CT molecular complexity index is 1430. The molecule has 0 aromatic heterocycles. The van der Waals surface area contributed by atoms with E-state index in [0.29, 0.717) is 27.8 Å². The van der Waals surface area contributed by atoms with Crippen molar-refractivity contribution in [3.05, 3.63) is 93.5 Å². The van der Waals surface area contributed by atoms with Crippen LogP contribution >= 0.6 is 23.2 Å². The Morgan fingerprint density at radius 3 is 2.20 bits per heavy atom. The van der Waals surface area contributed by atoms with Crippen LogP contribution in [0.1, 0.15) is 43.4 Å². The van der Waals surface area contributed by atoms with Gasteiger partial charge in [0.1, 0.15) is 12.6 Å². The molecular formula is C30H35Cl2N3O4S. The molecule has 0 aliphatic carbocycles. The largest absolute Gasteiger partial charge is 0.354 e. The Morgan fingerprint density at radius 1 is 0.950 bits per heavy atom. The molecule has 3 aromatic carbocycles. The van der Waals surface area contributed by atoms with E-state index in [2.05, 4.69) is 5.32 Å². The van der Waals surface area contributed by atoms with Gasteiger partial charge in [0.2, 0.25) is 11.8 Å². The van der Waals surface area contributed by atoms with E-state index in [1.165, 1.54) is 17.0 Å². The van der Waals surface area contributed by atoms with Gasteiger partial charge in [-0.05, 0) is 80.3 Å². The van der Waals surface area contributed by atoms with Crippen LogP contribution in [0.4, 0.5) is 5.69 Å². The molecule has 214 valence electrons. The number of aryl methyl sites for hydroxylation is 2. The van der Waals surface area contributed by atoms with E-state index >= 15 is 0 Å². The summed E-state index contributed by atoms with van der Waals surface area (Å²) in [6, 6.07) is 17.4. The summed E-state index contributed by atoms with van der Waals surface area (Å²) in [6.45, 7) is 7.31. The van der Waals surface area contributed by atoms with Gasteiger partial charge < -0.3 is 10.2 Å². The average Bonchev–Trinajstić information content (AvgIpc) is 2.90. The van der Waals surface area contributed by atoms with Gasteiger partial charge >= 0.3 is 0 Å². The molecule has 0 unspecified atom stereocenters. The summed E-state index contributed by atoms with van der Waals surface area (Å²) in [7, 11) is -4.12. The molecule has 0 fully saturated rings. The molecule has 40 heavy (non-hydrogen) atoms. The first kappa shape index (κ1) is 31.5. The number of benzene rings is 3. The molecular weight excluding hydrogens is 569 g/mol. The molecule has 10 heteroatoms. The molecule has 0 bridgehead atoms. The zero-order chi connectivity index (χ0) is 29.4. The normalized spacial score (nSPS) is 12.1. The smallest absolute Gasteiger partial charge is 0.264 e. The van der Waals surface area contributed by atoms with Gasteiger partial charge in [0.05, 0.1) is 10.6 Å². The zero-order valence-electron chi connectivity index (χ0n) is 23.2. The second-order valence-corrected chi connectivity index (χ2v) is 12.5. The first-order valence-corrected chi connectivity index (χ1v) is 15.3. The number of halogens is 2. The Kier molecular flexibility index (Phi) is 11.0. The number of sulfonamides is 1. The summed E-state index contributed by atoms with van der Waals surface area (Å²) in [4.78, 5) is 28.5. The number of unbranched alkanes of at least 4 members (excludes halogenated alkanes) is 1. The standard InChI is InChI=1S/C30H35Cl2N3O4S/c1-5-6-14-33-30(37)23(4)34(19-24-12-13-25(31)18-28(24)32)29(36)20-35(26-16-21(2)15-22(3)17-26)40(38,39)27-10-8-7-9-11-27/h7-13,15-18,23H,5-6,14,19-20H2,1-4H3,(H,33,37)/t23-/m0/s1. The minimum atomic E-state index is -4.12. The van der Waals surface area contributed by atoms with E-state index in [1.54, 1.807) is 55.5 Å². The number of anilines is 1. The lowest BCUT2D eigenvalue weighted by atomic mass is 10.1. The Morgan fingerprint density at radius 2 is 1.60 bits per heavy atom. The Balaban J connectivity index is 2.04. The highest BCUT2D eigenvalue weighted by atomic mass is 35.5. The first-order valence-electron chi connectivity index (χ1n) is 13.1. The minimum absolute atomic E-state index is 0.0106. The highest BCUT2D eigenvalue weighted by Gasteiger charge is 2.33. The van der Waals surface area contributed by atoms with Gasteiger partial charge in [-0.2, -0.15) is 0 Å². The lowest BCUT2D eigenvalue weighted by Crippen LogP contribution is -2.51. The molecule has 0 heterocycles. The minimum Gasteiger partial charge on any atom is -0.354 e. The first-order chi connectivity index (χ1) is 18.9. The van der Waals surface area contributed by atoms with Crippen LogP contribution in [0.25, 0.3) is 0 Å². The van der Waals surface area contributed by atoms with E-state index in [9.17, 15) is 18.0 Å². The average molecular weight is 605 g/mol. The molecule has 3 rings (SSSR count). The maximum atomic E-state index is 14.0. The van der Waals surface area contributed by atoms with Crippen LogP contribution < -0.4 is 9.62 Å². The summed E-state index contributed by atoms with van der Waals surface area (Å²) in [6.07, 6.45) is 1.70. The van der Waals surface area contributed by atoms with Gasteiger partial charge in [-0.15, -0.1) is 0 Å². The van der Waals surface area contributed by atoms with Crippen molar-refractivity contribution >= 4 is 50.7 Å². The fraction of sp³-hybridized carbons (Fsp3) is 0.333. The van der Waals surface area contributed by atoms with Crippen LogP contribution in [-0.4, -0.2) is 44.3 Å². The molecule has 1 atom stereocenters. The van der Waals surface area contributed by atoms with Crippen LogP contribution in [0.3, 0.4) is 0 Å². The summed E-state index contributed by atoms with van der Waals surface area (Å²) in [5.41, 5.74) is 2.64. The third kappa shape index (κ3) is 7.99. The maximum absolute atomic E-state index is 14.0. The fourth-order valence-electron chi connectivity index (χ4n) is 4.30. The third-order valence-electron chi connectivity index (χ3n) is 6.46. The van der Waals surface area contributed by atoms with Gasteiger partial charge in [0.15, 0.2) is 0 Å². The molecule has 0 aliphatic heterocycles. The molecule has 3 aromatic rings. The van der Waals surface area contributed by atoms with E-state index in [-0.39, 0.29) is 17.3 Å². The summed E-state index contributed by atoms with van der Waals surface area (Å²) >= 11 is 12.5. The van der Waals surface area contributed by atoms with Crippen molar-refractivity contribution in [1.29, 1.82) is 0 Å². The van der Waals surface area contributed by atoms with Crippen LogP contribution in [0.15, 0.2) is 71.6 Å². The molecule has 0 saturated carbocycles. The van der Waals surface area contributed by atoms with Crippen molar-refractivity contribution in [3.63, 3.8) is 0 Å². The van der Waals surface area contributed by atoms with Gasteiger partial charge in [-0.1, -0.05) is 66.9 Å². The number of carbonyl (C=O) groups is 2. The fourth-order valence-corrected chi connectivity index (χ4v) is 6.18. The summed E-state index contributed by atoms with van der Waals surface area (Å²) in [5, 5.41) is 3.64. The lowest BCUT2D eigenvalue weighted by molar-refractivity contribution is -0.139. The zero-order valence-corrected chi connectivity index (χ0v) is 25.5. The van der Waals surface area contributed by atoms with Gasteiger partial charge in [0, 0.05) is 23.1 Å². The predicted octanol–water partition coefficient (Wildman–Crippen LogP) is 6.14. The topological polar surface area (TPSA) is 86.8 Å². The molecule has 7 nitrogen and oxygen atoms in total. The van der Waals surface area contributed by atoms with Crippen molar-refractivity contribution in [1.82, 2.24) is 10.2 Å². The second kappa shape index (κ2) is 14.0. The highest BCUT2D eigenvalue weighted by molar-refractivity contribution is 7.92. The van der Waals surface area contributed by atoms with Crippen LogP contribution in [0.5, 0.6) is 0 Å². The van der Waals surface area contributed by atoms with Gasteiger partial charge in [0.25, 0.3) is 10.0 Å². The summed E-state index contributed by atoms with van der Waals surface area (Å²) in [5.74, 6) is -0.890. The van der Waals surface area contributed by atoms with E-state index in [1.807, 2.05) is 26.8 Å². The Labute approximate surface area is 247 Å². The molecule has 2 amide bonds. The molecule has 0 aliphatic rings. The third-order valence-corrected chi connectivity index (χ3v) is 8.83. The van der Waals surface area contributed by atoms with Gasteiger partial charge in [-0.25, -0.2) is 8.42 Å². The second-order valence-electron chi connectivity index (χ2n) is 9.75. The number of rotatable bonds is 12. The predicted molar refractivity (Wildman–Crippen MR) is 161 cm³/mol. The molecule has 0 radical (unpaired) electrons. The van der Waals surface area contributed by atoms with Crippen molar-refractivity contribution < 1.29 is 18.0 Å². The van der Waals surface area contributed by atoms with Gasteiger partial charge in [-0.3, -0.25) is 13.9 Å². The van der Waals surface area contributed by atoms with Crippen LogP contribution in [-0.2, 0) is 26.2 Å². The number of nitrogens with one attached hydrogen (secondary N) is 1. The number of hydrogen-bond donors (Lipinski definition) is 1. The quantitative estimate of drug-likeness (QED) is 0.252. The number of amides is 2. The molecule has 1 N–H and O–H groups in total. The van der Waals surface area contributed by atoms with E-state index in [4.69, 9.17) is 23.2 Å². The maximum Gasteiger partial charge on any atom is 0.264 e. The SMILES string of the molecule is CCCCNC(=O)[C@H](C)N(Cc1ccc(Cl)cc1Cl)C(=O)CN(c1cc(C)cc(C)c1)S(=O)(=O)c1ccccc1. The number of hydrogen-bond acceptors (Lipinski definition) is 4. The van der Waals surface area contributed by atoms with E-state index in [0.717, 1.165) is 28.3 Å². The van der Waals surface area contributed by atoms with Crippen LogP contribution in [0, 0.1) is 13.8 Å². The Hall–Kier alpha value is -3.07. The molecule has 0 saturated heterocycles. The monoisotopic (exact) mass is 603 g/mol. The highest BCUT2D eigenvalue weighted by Crippen LogP contribution is 2.27. The van der Waals surface area contributed by atoms with Crippen molar-refractivity contribution in [2.45, 2.75) is 58.0 Å². The van der Waals surface area contributed by atoms with Crippen LogP contribution in [0.2, 0.25) is 10.0 Å². The lowest BCUT2D eigenvalue weighted by Gasteiger charge is -2.32. The molecule has 0 spiro atoms. The van der Waals surface area contributed by atoms with Crippen molar-refractivity contribution in [3.8, 4) is 0 Å².